The standard InChI is InChI=1S/C77H124O6/c1-4-7-10-13-16-19-22-25-28-30-31-32-33-34-35-36-37-38-39-40-41-42-43-44-45-47-49-52-55-58-61-64-67-70-76(79)82-73-74(72-81-75(78)69-66-63-60-57-54-51-48-27-24-21-18-15-12-9-6-3)83-77(80)71-68-65-62-59-56-53-50-46-29-26-23-20-17-14-11-8-5-2/h7,9-10,12,16,18-19,21,25-29,31-32,34-35,37-38,40-41,48,54,57,63,66,74H,4-6,8,11,13-15,17,20,22-24,30,33,36,39,42-47,49-53,55-56,58-62,64-65,67-73H2,1-3H3/b10-7-,12-9-,19-16-,21-18-,28-25-,29-26-,32-31-,35-34-,38-37-,41-40-,48-27-,57-54-,66-63-. The van der Waals surface area contributed by atoms with E-state index >= 15 is 0 Å². The van der Waals surface area contributed by atoms with Crippen LogP contribution in [0.5, 0.6) is 0 Å². The lowest BCUT2D eigenvalue weighted by Gasteiger charge is -2.18. The Morgan fingerprint density at radius 1 is 0.265 bits per heavy atom. The molecule has 0 heterocycles. The first kappa shape index (κ1) is 78.0. The van der Waals surface area contributed by atoms with Crippen molar-refractivity contribution in [3.8, 4) is 0 Å². The predicted octanol–water partition coefficient (Wildman–Crippen LogP) is 23.7. The van der Waals surface area contributed by atoms with E-state index in [9.17, 15) is 14.4 Å². The smallest absolute Gasteiger partial charge is 0.309 e. The van der Waals surface area contributed by atoms with E-state index in [4.69, 9.17) is 14.2 Å². The summed E-state index contributed by atoms with van der Waals surface area (Å²) in [4.78, 5) is 38.3. The minimum absolute atomic E-state index is 0.116. The number of allylic oxidation sites excluding steroid dienone is 25. The molecular weight excluding hydrogens is 1020 g/mol. The Morgan fingerprint density at radius 2 is 0.518 bits per heavy atom. The molecule has 6 heteroatoms. The second-order valence-corrected chi connectivity index (χ2v) is 22.0. The second kappa shape index (κ2) is 69.5. The minimum atomic E-state index is -0.829. The van der Waals surface area contributed by atoms with Crippen molar-refractivity contribution in [1.29, 1.82) is 0 Å². The van der Waals surface area contributed by atoms with Gasteiger partial charge < -0.3 is 14.2 Å². The number of carbonyl (C=O) groups is 3. The summed E-state index contributed by atoms with van der Waals surface area (Å²) in [7, 11) is 0. The number of hydrogen-bond donors (Lipinski definition) is 0. The van der Waals surface area contributed by atoms with Gasteiger partial charge in [0.2, 0.25) is 0 Å². The summed E-state index contributed by atoms with van der Waals surface area (Å²) in [5, 5.41) is 0. The van der Waals surface area contributed by atoms with Crippen molar-refractivity contribution in [2.24, 2.45) is 0 Å². The molecule has 0 saturated heterocycles. The third-order valence-electron chi connectivity index (χ3n) is 14.0. The average Bonchev–Trinajstić information content (AvgIpc) is 3.49. The molecule has 1 atom stereocenters. The number of carbonyl (C=O) groups excluding carboxylic acids is 3. The molecule has 0 amide bonds. The average molecular weight is 1150 g/mol. The van der Waals surface area contributed by atoms with E-state index in [1.54, 1.807) is 6.08 Å². The van der Waals surface area contributed by atoms with E-state index in [0.29, 0.717) is 12.8 Å². The molecule has 0 spiro atoms. The zero-order valence-electron chi connectivity index (χ0n) is 53.7. The third kappa shape index (κ3) is 67.7. The van der Waals surface area contributed by atoms with Crippen molar-refractivity contribution >= 4 is 17.9 Å². The van der Waals surface area contributed by atoms with Gasteiger partial charge in [0.1, 0.15) is 13.2 Å². The maximum absolute atomic E-state index is 12.9. The summed E-state index contributed by atoms with van der Waals surface area (Å²) in [6.07, 6.45) is 101. The zero-order valence-corrected chi connectivity index (χ0v) is 53.7. The molecule has 1 unspecified atom stereocenters. The highest BCUT2D eigenvalue weighted by Gasteiger charge is 2.19. The summed E-state index contributed by atoms with van der Waals surface area (Å²) in [6.45, 7) is 6.32. The SMILES string of the molecule is CC/C=C\C/C=C\C/C=C\C/C=C\C/C=C\C/C=C\C/C=C\CCCCCCCCCCCCCC(=O)OCC(COC(=O)C/C=C\C/C=C\C/C=C\C/C=C\C/C=C\CC)OC(=O)CCCCCCCCC/C=C\CCCCCCCC. The van der Waals surface area contributed by atoms with Crippen molar-refractivity contribution in [2.45, 2.75) is 297 Å². The number of ether oxygens (including phenoxy) is 3. The summed E-state index contributed by atoms with van der Waals surface area (Å²) in [5.74, 6) is -1.06. The Bertz CT molecular complexity index is 1840. The molecule has 0 N–H and O–H groups in total. The van der Waals surface area contributed by atoms with E-state index in [1.807, 2.05) is 6.08 Å². The lowest BCUT2D eigenvalue weighted by Crippen LogP contribution is -2.30. The Balaban J connectivity index is 4.34. The minimum Gasteiger partial charge on any atom is -0.462 e. The van der Waals surface area contributed by atoms with Gasteiger partial charge in [0.25, 0.3) is 0 Å². The molecule has 0 radical (unpaired) electrons. The molecule has 0 saturated carbocycles. The fraction of sp³-hybridized carbons (Fsp3) is 0.623. The van der Waals surface area contributed by atoms with Crippen LogP contribution in [0.15, 0.2) is 158 Å². The maximum Gasteiger partial charge on any atom is 0.309 e. The molecule has 0 aliphatic carbocycles. The van der Waals surface area contributed by atoms with Gasteiger partial charge in [-0.1, -0.05) is 301 Å². The van der Waals surface area contributed by atoms with Gasteiger partial charge in [-0.25, -0.2) is 0 Å². The Hall–Kier alpha value is -4.97. The van der Waals surface area contributed by atoms with Gasteiger partial charge in [-0.05, 0) is 128 Å². The monoisotopic (exact) mass is 1140 g/mol. The summed E-state index contributed by atoms with van der Waals surface area (Å²) >= 11 is 0. The predicted molar refractivity (Wildman–Crippen MR) is 362 cm³/mol. The van der Waals surface area contributed by atoms with Gasteiger partial charge in [0, 0.05) is 12.8 Å². The van der Waals surface area contributed by atoms with Crippen LogP contribution < -0.4 is 0 Å². The van der Waals surface area contributed by atoms with Crippen LogP contribution in [0.4, 0.5) is 0 Å². The first-order valence-electron chi connectivity index (χ1n) is 34.0. The van der Waals surface area contributed by atoms with Crippen LogP contribution in [0.25, 0.3) is 0 Å². The molecule has 468 valence electrons. The normalized spacial score (nSPS) is 13.1. The largest absolute Gasteiger partial charge is 0.462 e. The van der Waals surface area contributed by atoms with E-state index in [2.05, 4.69) is 167 Å². The van der Waals surface area contributed by atoms with Crippen molar-refractivity contribution < 1.29 is 28.6 Å². The number of hydrogen-bond acceptors (Lipinski definition) is 6. The van der Waals surface area contributed by atoms with Crippen LogP contribution in [0, 0.1) is 0 Å². The van der Waals surface area contributed by atoms with E-state index in [0.717, 1.165) is 116 Å². The Kier molecular flexibility index (Phi) is 65.4. The molecule has 0 aromatic carbocycles. The van der Waals surface area contributed by atoms with Crippen LogP contribution in [0.2, 0.25) is 0 Å². The summed E-state index contributed by atoms with van der Waals surface area (Å²) in [6, 6.07) is 0. The molecule has 0 aromatic heterocycles. The fourth-order valence-electron chi connectivity index (χ4n) is 9.02. The van der Waals surface area contributed by atoms with Crippen LogP contribution in [0.1, 0.15) is 290 Å². The topological polar surface area (TPSA) is 78.9 Å². The molecule has 0 bridgehead atoms. The lowest BCUT2D eigenvalue weighted by atomic mass is 10.0. The van der Waals surface area contributed by atoms with Crippen LogP contribution >= 0.6 is 0 Å². The van der Waals surface area contributed by atoms with Gasteiger partial charge in [-0.3, -0.25) is 14.4 Å². The van der Waals surface area contributed by atoms with Gasteiger partial charge in [0.15, 0.2) is 6.10 Å². The van der Waals surface area contributed by atoms with E-state index in [1.165, 1.54) is 135 Å². The molecule has 83 heavy (non-hydrogen) atoms. The van der Waals surface area contributed by atoms with Gasteiger partial charge >= 0.3 is 17.9 Å². The second-order valence-electron chi connectivity index (χ2n) is 22.0. The van der Waals surface area contributed by atoms with Crippen molar-refractivity contribution in [3.63, 3.8) is 0 Å². The highest BCUT2D eigenvalue weighted by atomic mass is 16.6. The molecule has 0 aromatic rings. The van der Waals surface area contributed by atoms with Gasteiger partial charge in [-0.15, -0.1) is 0 Å². The van der Waals surface area contributed by atoms with Crippen LogP contribution in [-0.4, -0.2) is 37.2 Å². The Labute approximate surface area is 511 Å². The van der Waals surface area contributed by atoms with Crippen molar-refractivity contribution in [1.82, 2.24) is 0 Å². The highest BCUT2D eigenvalue weighted by molar-refractivity contribution is 5.72. The van der Waals surface area contributed by atoms with Crippen molar-refractivity contribution in [3.05, 3.63) is 158 Å². The molecular formula is C77H124O6. The van der Waals surface area contributed by atoms with E-state index in [-0.39, 0.29) is 31.6 Å². The van der Waals surface area contributed by atoms with Crippen molar-refractivity contribution in [2.75, 3.05) is 13.2 Å². The van der Waals surface area contributed by atoms with Gasteiger partial charge in [0.05, 0.1) is 6.42 Å². The molecule has 0 rings (SSSR count). The van der Waals surface area contributed by atoms with Crippen LogP contribution in [-0.2, 0) is 28.6 Å². The third-order valence-corrected chi connectivity index (χ3v) is 14.0. The highest BCUT2D eigenvalue weighted by Crippen LogP contribution is 2.15. The molecule has 0 aliphatic heterocycles. The first-order chi connectivity index (χ1) is 41.0. The number of esters is 3. The number of rotatable bonds is 60. The first-order valence-corrected chi connectivity index (χ1v) is 34.0. The molecule has 0 fully saturated rings. The maximum atomic E-state index is 12.9. The lowest BCUT2D eigenvalue weighted by molar-refractivity contribution is -0.166. The summed E-state index contributed by atoms with van der Waals surface area (Å²) < 4.78 is 16.8. The quantitative estimate of drug-likeness (QED) is 0.0261. The molecule has 6 nitrogen and oxygen atoms in total. The number of unbranched alkanes of at least 4 members (excludes halogenated alkanes) is 24. The Morgan fingerprint density at radius 3 is 0.855 bits per heavy atom. The fourth-order valence-corrected chi connectivity index (χ4v) is 9.02. The zero-order chi connectivity index (χ0) is 59.9. The molecule has 0 aliphatic rings. The van der Waals surface area contributed by atoms with Crippen LogP contribution in [0.3, 0.4) is 0 Å². The van der Waals surface area contributed by atoms with Gasteiger partial charge in [-0.2, -0.15) is 0 Å². The summed E-state index contributed by atoms with van der Waals surface area (Å²) in [5.41, 5.74) is 0. The van der Waals surface area contributed by atoms with E-state index < -0.39 is 12.1 Å².